The van der Waals surface area contributed by atoms with Gasteiger partial charge in [0.2, 0.25) is 11.7 Å². The number of hydrogen-bond acceptors (Lipinski definition) is 6. The Bertz CT molecular complexity index is 1420. The van der Waals surface area contributed by atoms with E-state index in [0.29, 0.717) is 29.1 Å². The molecule has 11 heteroatoms. The zero-order valence-corrected chi connectivity index (χ0v) is 22.0. The number of hydrogen-bond donors (Lipinski definition) is 0. The summed E-state index contributed by atoms with van der Waals surface area (Å²) in [6.07, 6.45) is 0.750. The molecule has 3 heterocycles. The van der Waals surface area contributed by atoms with E-state index in [2.05, 4.69) is 4.74 Å². The highest BCUT2D eigenvalue weighted by atomic mass is 32.2. The number of fused-ring (bicyclic) bond motifs is 1. The van der Waals surface area contributed by atoms with Crippen LogP contribution in [0.4, 0.5) is 13.2 Å². The number of aromatic nitrogens is 1. The summed E-state index contributed by atoms with van der Waals surface area (Å²) in [5.41, 5.74) is 3.07. The van der Waals surface area contributed by atoms with E-state index in [9.17, 15) is 27.6 Å². The number of thioether (sulfide) groups is 1. The zero-order chi connectivity index (χ0) is 27.9. The first-order valence-electron chi connectivity index (χ1n) is 12.3. The quantitative estimate of drug-likeness (QED) is 0.281. The Morgan fingerprint density at radius 1 is 1.10 bits per heavy atom. The zero-order valence-electron chi connectivity index (χ0n) is 21.2. The Labute approximate surface area is 226 Å². The number of ketones is 1. The highest BCUT2D eigenvalue weighted by molar-refractivity contribution is 8.00. The number of Topliss-reactive ketones (excluding diaryl/α,β-unsaturated/α-hetero) is 1. The number of benzene rings is 2. The molecule has 0 aliphatic carbocycles. The van der Waals surface area contributed by atoms with Crippen LogP contribution in [-0.2, 0) is 19.2 Å². The second-order valence-electron chi connectivity index (χ2n) is 9.41. The standard InChI is InChI=1S/C28H25F3N2O5S/c1-16-13-22(17(2)32(16)20-7-9-21(10-8-20)38-27(30)31)24(34)14-37-26(36)23-15-39-28(12-11-25(35)33(23)28)18-3-5-19(29)6-4-18/h3-10,13,23,27H,11-12,14-15H2,1-2H3/t23-,28+/m0/s1. The third kappa shape index (κ3) is 4.91. The molecule has 1 amide bonds. The number of amides is 1. The lowest BCUT2D eigenvalue weighted by Crippen LogP contribution is -2.47. The minimum absolute atomic E-state index is 0.0180. The number of nitrogens with zero attached hydrogens (tertiary/aromatic N) is 2. The van der Waals surface area contributed by atoms with E-state index >= 15 is 0 Å². The SMILES string of the molecule is Cc1cc(C(=O)COC(=O)[C@@H]2CS[C@@]3(c4ccc(F)cc4)CCC(=O)N23)c(C)n1-c1ccc(OC(F)F)cc1. The summed E-state index contributed by atoms with van der Waals surface area (Å²) in [7, 11) is 0. The van der Waals surface area contributed by atoms with Gasteiger partial charge < -0.3 is 18.9 Å². The Morgan fingerprint density at radius 2 is 1.79 bits per heavy atom. The Kier molecular flexibility index (Phi) is 7.19. The molecule has 0 saturated carbocycles. The third-order valence-electron chi connectivity index (χ3n) is 7.09. The van der Waals surface area contributed by atoms with Crippen LogP contribution in [0.2, 0.25) is 0 Å². The number of alkyl halides is 2. The second kappa shape index (κ2) is 10.4. The van der Waals surface area contributed by atoms with Gasteiger partial charge in [-0.05, 0) is 68.3 Å². The average molecular weight is 559 g/mol. The van der Waals surface area contributed by atoms with Crippen molar-refractivity contribution in [3.8, 4) is 11.4 Å². The van der Waals surface area contributed by atoms with Gasteiger partial charge >= 0.3 is 12.6 Å². The smallest absolute Gasteiger partial charge is 0.387 e. The summed E-state index contributed by atoms with van der Waals surface area (Å²) in [4.78, 5) is 39.7. The maximum Gasteiger partial charge on any atom is 0.387 e. The predicted octanol–water partition coefficient (Wildman–Crippen LogP) is 5.15. The van der Waals surface area contributed by atoms with Gasteiger partial charge in [-0.1, -0.05) is 12.1 Å². The normalized spacial score (nSPS) is 20.4. The van der Waals surface area contributed by atoms with E-state index in [1.807, 2.05) is 0 Å². The van der Waals surface area contributed by atoms with Gasteiger partial charge in [-0.3, -0.25) is 9.59 Å². The summed E-state index contributed by atoms with van der Waals surface area (Å²) in [5.74, 6) is -1.34. The van der Waals surface area contributed by atoms with Gasteiger partial charge in [0, 0.05) is 34.8 Å². The molecule has 0 unspecified atom stereocenters. The summed E-state index contributed by atoms with van der Waals surface area (Å²) in [6, 6.07) is 12.8. The molecule has 5 rings (SSSR count). The molecule has 0 spiro atoms. The van der Waals surface area contributed by atoms with E-state index < -0.39 is 35.9 Å². The molecule has 204 valence electrons. The fraction of sp³-hybridized carbons (Fsp3) is 0.321. The highest BCUT2D eigenvalue weighted by Crippen LogP contribution is 2.54. The Morgan fingerprint density at radius 3 is 2.46 bits per heavy atom. The summed E-state index contributed by atoms with van der Waals surface area (Å²) >= 11 is 1.44. The van der Waals surface area contributed by atoms with Crippen molar-refractivity contribution in [1.82, 2.24) is 9.47 Å². The number of aryl methyl sites for hydroxylation is 1. The molecule has 2 atom stereocenters. The number of rotatable bonds is 8. The van der Waals surface area contributed by atoms with Crippen molar-refractivity contribution in [3.05, 3.63) is 82.9 Å². The predicted molar refractivity (Wildman–Crippen MR) is 138 cm³/mol. The summed E-state index contributed by atoms with van der Waals surface area (Å²) in [6.45, 7) is 0.0999. The van der Waals surface area contributed by atoms with Crippen LogP contribution in [0.5, 0.6) is 5.75 Å². The van der Waals surface area contributed by atoms with E-state index in [0.717, 1.165) is 11.3 Å². The van der Waals surface area contributed by atoms with Gasteiger partial charge in [0.1, 0.15) is 22.5 Å². The summed E-state index contributed by atoms with van der Waals surface area (Å²) in [5, 5.41) is 0. The van der Waals surface area contributed by atoms with Crippen molar-refractivity contribution in [1.29, 1.82) is 0 Å². The number of esters is 1. The van der Waals surface area contributed by atoms with Crippen molar-refractivity contribution in [2.24, 2.45) is 0 Å². The molecule has 2 saturated heterocycles. The molecule has 2 fully saturated rings. The van der Waals surface area contributed by atoms with Gasteiger partial charge in [-0.15, -0.1) is 11.8 Å². The molecular weight excluding hydrogens is 533 g/mol. The van der Waals surface area contributed by atoms with Gasteiger partial charge in [0.15, 0.2) is 6.61 Å². The van der Waals surface area contributed by atoms with Crippen LogP contribution in [0.15, 0.2) is 54.6 Å². The average Bonchev–Trinajstić information content (AvgIpc) is 3.55. The highest BCUT2D eigenvalue weighted by Gasteiger charge is 2.57. The molecule has 2 aromatic carbocycles. The molecule has 0 N–H and O–H groups in total. The van der Waals surface area contributed by atoms with Crippen molar-refractivity contribution in [2.75, 3.05) is 12.4 Å². The first kappa shape index (κ1) is 26.9. The molecule has 3 aromatic rings. The maximum absolute atomic E-state index is 13.5. The minimum Gasteiger partial charge on any atom is -0.456 e. The molecule has 2 aliphatic rings. The fourth-order valence-corrected chi connectivity index (χ4v) is 6.99. The first-order chi connectivity index (χ1) is 18.6. The Hall–Kier alpha value is -3.73. The van der Waals surface area contributed by atoms with E-state index in [1.54, 1.807) is 48.7 Å². The van der Waals surface area contributed by atoms with E-state index in [1.165, 1.54) is 40.9 Å². The fourth-order valence-electron chi connectivity index (χ4n) is 5.36. The Balaban J connectivity index is 1.28. The maximum atomic E-state index is 13.5. The van der Waals surface area contributed by atoms with E-state index in [4.69, 9.17) is 4.74 Å². The second-order valence-corrected chi connectivity index (χ2v) is 10.7. The van der Waals surface area contributed by atoms with Gasteiger partial charge in [-0.2, -0.15) is 8.78 Å². The van der Waals surface area contributed by atoms with Crippen LogP contribution in [0.3, 0.4) is 0 Å². The molecule has 1 aromatic heterocycles. The topological polar surface area (TPSA) is 77.8 Å². The van der Waals surface area contributed by atoms with Gasteiger partial charge in [0.05, 0.1) is 0 Å². The van der Waals surface area contributed by atoms with Crippen LogP contribution in [-0.4, -0.2) is 52.1 Å². The third-order valence-corrected chi connectivity index (χ3v) is 8.69. The largest absolute Gasteiger partial charge is 0.456 e. The first-order valence-corrected chi connectivity index (χ1v) is 13.3. The molecular formula is C28H25F3N2O5S. The summed E-state index contributed by atoms with van der Waals surface area (Å²) < 4.78 is 50.0. The van der Waals surface area contributed by atoms with Crippen LogP contribution in [0.1, 0.15) is 40.2 Å². The van der Waals surface area contributed by atoms with Crippen LogP contribution in [0, 0.1) is 19.7 Å². The van der Waals surface area contributed by atoms with E-state index in [-0.39, 0.29) is 23.9 Å². The van der Waals surface area contributed by atoms with Crippen molar-refractivity contribution in [3.63, 3.8) is 0 Å². The van der Waals surface area contributed by atoms with Crippen LogP contribution in [0.25, 0.3) is 5.69 Å². The van der Waals surface area contributed by atoms with Gasteiger partial charge in [0.25, 0.3) is 0 Å². The molecule has 39 heavy (non-hydrogen) atoms. The van der Waals surface area contributed by atoms with Crippen LogP contribution < -0.4 is 4.74 Å². The lowest BCUT2D eigenvalue weighted by Gasteiger charge is -2.33. The van der Waals surface area contributed by atoms with Gasteiger partial charge in [-0.25, -0.2) is 9.18 Å². The van der Waals surface area contributed by atoms with Crippen molar-refractivity contribution in [2.45, 2.75) is 44.2 Å². The molecule has 0 bridgehead atoms. The minimum atomic E-state index is -2.93. The van der Waals surface area contributed by atoms with Crippen molar-refractivity contribution >= 4 is 29.4 Å². The van der Waals surface area contributed by atoms with Crippen LogP contribution >= 0.6 is 11.8 Å². The number of halogens is 3. The van der Waals surface area contributed by atoms with Crippen molar-refractivity contribution < 1.29 is 37.0 Å². The molecule has 7 nitrogen and oxygen atoms in total. The lowest BCUT2D eigenvalue weighted by molar-refractivity contribution is -0.152. The molecule has 2 aliphatic heterocycles. The lowest BCUT2D eigenvalue weighted by atomic mass is 10.0. The number of ether oxygens (including phenoxy) is 2. The number of carbonyl (C=O) groups excluding carboxylic acids is 3. The molecule has 0 radical (unpaired) electrons. The monoisotopic (exact) mass is 558 g/mol. The number of carbonyl (C=O) groups is 3.